The van der Waals surface area contributed by atoms with E-state index in [4.69, 9.17) is 0 Å². The first kappa shape index (κ1) is 14.5. The Bertz CT molecular complexity index is 249. The van der Waals surface area contributed by atoms with Gasteiger partial charge in [-0.25, -0.2) is 0 Å². The van der Waals surface area contributed by atoms with Crippen LogP contribution in [0.4, 0.5) is 0 Å². The third-order valence-corrected chi connectivity index (χ3v) is 3.23. The summed E-state index contributed by atoms with van der Waals surface area (Å²) >= 11 is 0. The van der Waals surface area contributed by atoms with Crippen LogP contribution in [-0.2, 0) is 4.79 Å². The van der Waals surface area contributed by atoms with Crippen molar-refractivity contribution in [1.82, 2.24) is 10.2 Å². The number of rotatable bonds is 4. The van der Waals surface area contributed by atoms with Gasteiger partial charge in [0.2, 0.25) is 5.91 Å². The summed E-state index contributed by atoms with van der Waals surface area (Å²) in [5.74, 6) is 1.65. The van der Waals surface area contributed by atoms with E-state index < -0.39 is 0 Å². The maximum Gasteiger partial charge on any atom is 0.222 e. The van der Waals surface area contributed by atoms with E-state index in [0.717, 1.165) is 19.5 Å². The first-order chi connectivity index (χ1) is 7.88. The Balaban J connectivity index is 2.47. The molecule has 1 rings (SSSR count). The highest BCUT2D eigenvalue weighted by molar-refractivity contribution is 5.78. The Hall–Kier alpha value is -0.570. The minimum absolute atomic E-state index is 0.0887. The van der Waals surface area contributed by atoms with E-state index in [1.54, 1.807) is 0 Å². The van der Waals surface area contributed by atoms with Gasteiger partial charge in [-0.15, -0.1) is 0 Å². The zero-order valence-electron chi connectivity index (χ0n) is 12.0. The molecule has 3 heteroatoms. The lowest BCUT2D eigenvalue weighted by molar-refractivity contribution is -0.125. The molecular formula is C14H28N2O. The van der Waals surface area contributed by atoms with Crippen LogP contribution in [0.5, 0.6) is 0 Å². The first-order valence-electron chi connectivity index (χ1n) is 6.91. The van der Waals surface area contributed by atoms with Crippen LogP contribution in [0.1, 0.15) is 41.0 Å². The second kappa shape index (κ2) is 6.39. The molecule has 0 aliphatic carbocycles. The van der Waals surface area contributed by atoms with E-state index in [1.165, 1.54) is 6.54 Å². The molecule has 100 valence electrons. The molecular weight excluding hydrogens is 212 g/mol. The van der Waals surface area contributed by atoms with Crippen LogP contribution in [0.15, 0.2) is 0 Å². The predicted molar refractivity (Wildman–Crippen MR) is 71.8 cm³/mol. The summed E-state index contributed by atoms with van der Waals surface area (Å²) < 4.78 is 0. The van der Waals surface area contributed by atoms with Gasteiger partial charge in [0.15, 0.2) is 0 Å². The average molecular weight is 240 g/mol. The van der Waals surface area contributed by atoms with E-state index in [2.05, 4.69) is 31.0 Å². The fraction of sp³-hybridized carbons (Fsp3) is 0.929. The molecule has 0 spiro atoms. The van der Waals surface area contributed by atoms with Gasteiger partial charge in [0.1, 0.15) is 0 Å². The van der Waals surface area contributed by atoms with Gasteiger partial charge in [0, 0.05) is 31.6 Å². The largest absolute Gasteiger partial charge is 0.352 e. The minimum Gasteiger partial charge on any atom is -0.352 e. The standard InChI is InChI=1S/C14H28N2O/c1-10(2)7-16-8-12(5)6-13(9-16)15-14(17)11(3)4/h10-13H,6-9H2,1-5H3,(H,15,17). The highest BCUT2D eigenvalue weighted by atomic mass is 16.1. The maximum absolute atomic E-state index is 11.7. The summed E-state index contributed by atoms with van der Waals surface area (Å²) in [6, 6.07) is 0.340. The molecule has 1 fully saturated rings. The van der Waals surface area contributed by atoms with E-state index >= 15 is 0 Å². The number of amides is 1. The smallest absolute Gasteiger partial charge is 0.222 e. The number of hydrogen-bond donors (Lipinski definition) is 1. The summed E-state index contributed by atoms with van der Waals surface area (Å²) in [5.41, 5.74) is 0. The van der Waals surface area contributed by atoms with E-state index in [0.29, 0.717) is 17.9 Å². The lowest BCUT2D eigenvalue weighted by Crippen LogP contribution is -2.51. The topological polar surface area (TPSA) is 32.3 Å². The summed E-state index contributed by atoms with van der Waals surface area (Å²) in [7, 11) is 0. The van der Waals surface area contributed by atoms with Crippen molar-refractivity contribution < 1.29 is 4.79 Å². The molecule has 1 amide bonds. The van der Waals surface area contributed by atoms with Crippen LogP contribution < -0.4 is 5.32 Å². The number of carbonyl (C=O) groups is 1. The fourth-order valence-electron chi connectivity index (χ4n) is 2.60. The summed E-state index contributed by atoms with van der Waals surface area (Å²) in [6.07, 6.45) is 1.12. The SMILES string of the molecule is CC(C)CN1CC(C)CC(NC(=O)C(C)C)C1. The van der Waals surface area contributed by atoms with Crippen molar-refractivity contribution in [3.05, 3.63) is 0 Å². The van der Waals surface area contributed by atoms with Crippen molar-refractivity contribution >= 4 is 5.91 Å². The van der Waals surface area contributed by atoms with Crippen LogP contribution in [0, 0.1) is 17.8 Å². The lowest BCUT2D eigenvalue weighted by atomic mass is 9.94. The zero-order valence-corrected chi connectivity index (χ0v) is 12.0. The second-order valence-electron chi connectivity index (χ2n) is 6.31. The Morgan fingerprint density at radius 2 is 1.94 bits per heavy atom. The van der Waals surface area contributed by atoms with Crippen LogP contribution >= 0.6 is 0 Å². The van der Waals surface area contributed by atoms with Gasteiger partial charge in [-0.3, -0.25) is 4.79 Å². The van der Waals surface area contributed by atoms with Crippen molar-refractivity contribution in [3.8, 4) is 0 Å². The first-order valence-corrected chi connectivity index (χ1v) is 6.91. The Morgan fingerprint density at radius 3 is 2.47 bits per heavy atom. The Morgan fingerprint density at radius 1 is 1.29 bits per heavy atom. The molecule has 1 heterocycles. The number of nitrogens with zero attached hydrogens (tertiary/aromatic N) is 1. The zero-order chi connectivity index (χ0) is 13.0. The molecule has 1 N–H and O–H groups in total. The lowest BCUT2D eigenvalue weighted by Gasteiger charge is -2.37. The third-order valence-electron chi connectivity index (χ3n) is 3.23. The van der Waals surface area contributed by atoms with Gasteiger partial charge >= 0.3 is 0 Å². The predicted octanol–water partition coefficient (Wildman–Crippen LogP) is 2.12. The number of nitrogens with one attached hydrogen (secondary N) is 1. The molecule has 3 nitrogen and oxygen atoms in total. The fourth-order valence-corrected chi connectivity index (χ4v) is 2.60. The minimum atomic E-state index is 0.0887. The van der Waals surface area contributed by atoms with Crippen LogP contribution in [0.2, 0.25) is 0 Å². The van der Waals surface area contributed by atoms with Crippen LogP contribution in [-0.4, -0.2) is 36.5 Å². The molecule has 0 radical (unpaired) electrons. The van der Waals surface area contributed by atoms with Crippen molar-refractivity contribution in [2.45, 2.75) is 47.1 Å². The molecule has 1 aliphatic rings. The highest BCUT2D eigenvalue weighted by Gasteiger charge is 2.26. The molecule has 0 aromatic rings. The molecule has 2 unspecified atom stereocenters. The van der Waals surface area contributed by atoms with Crippen LogP contribution in [0.3, 0.4) is 0 Å². The Kier molecular flexibility index (Phi) is 5.44. The average Bonchev–Trinajstić information content (AvgIpc) is 2.14. The van der Waals surface area contributed by atoms with Crippen molar-refractivity contribution in [1.29, 1.82) is 0 Å². The quantitative estimate of drug-likeness (QED) is 0.816. The van der Waals surface area contributed by atoms with Gasteiger partial charge in [0.05, 0.1) is 0 Å². The van der Waals surface area contributed by atoms with Gasteiger partial charge in [-0.1, -0.05) is 34.6 Å². The number of piperidine rings is 1. The van der Waals surface area contributed by atoms with Gasteiger partial charge in [-0.05, 0) is 18.3 Å². The number of hydrogen-bond acceptors (Lipinski definition) is 2. The molecule has 2 atom stereocenters. The normalized spacial score (nSPS) is 26.5. The van der Waals surface area contributed by atoms with Crippen LogP contribution in [0.25, 0.3) is 0 Å². The third kappa shape index (κ3) is 5.07. The van der Waals surface area contributed by atoms with Crippen molar-refractivity contribution in [3.63, 3.8) is 0 Å². The van der Waals surface area contributed by atoms with Gasteiger partial charge in [-0.2, -0.15) is 0 Å². The summed E-state index contributed by atoms with van der Waals surface area (Å²) in [4.78, 5) is 14.2. The van der Waals surface area contributed by atoms with Gasteiger partial charge < -0.3 is 10.2 Å². The Labute approximate surface area is 106 Å². The maximum atomic E-state index is 11.7. The number of likely N-dealkylation sites (tertiary alicyclic amines) is 1. The van der Waals surface area contributed by atoms with Crippen molar-refractivity contribution in [2.75, 3.05) is 19.6 Å². The molecule has 0 aromatic carbocycles. The molecule has 0 aromatic heterocycles. The summed E-state index contributed by atoms with van der Waals surface area (Å²) in [6.45, 7) is 14.0. The molecule has 1 saturated heterocycles. The molecule has 0 saturated carbocycles. The number of carbonyl (C=O) groups excluding carboxylic acids is 1. The van der Waals surface area contributed by atoms with E-state index in [9.17, 15) is 4.79 Å². The monoisotopic (exact) mass is 240 g/mol. The van der Waals surface area contributed by atoms with E-state index in [-0.39, 0.29) is 11.8 Å². The highest BCUT2D eigenvalue weighted by Crippen LogP contribution is 2.17. The molecule has 0 bridgehead atoms. The van der Waals surface area contributed by atoms with Gasteiger partial charge in [0.25, 0.3) is 0 Å². The molecule has 17 heavy (non-hydrogen) atoms. The van der Waals surface area contributed by atoms with E-state index in [1.807, 2.05) is 13.8 Å². The second-order valence-corrected chi connectivity index (χ2v) is 6.31. The van der Waals surface area contributed by atoms with Crippen molar-refractivity contribution in [2.24, 2.45) is 17.8 Å². The molecule has 1 aliphatic heterocycles. The summed E-state index contributed by atoms with van der Waals surface area (Å²) in [5, 5.41) is 3.17.